The number of anilines is 1. The van der Waals surface area contributed by atoms with E-state index in [1.54, 1.807) is 28.6 Å². The van der Waals surface area contributed by atoms with Crippen LogP contribution >= 0.6 is 11.8 Å². The van der Waals surface area contributed by atoms with E-state index < -0.39 is 0 Å². The van der Waals surface area contributed by atoms with Crippen molar-refractivity contribution in [2.24, 2.45) is 0 Å². The average molecular weight is 307 g/mol. The molecular formula is C15H21N3O2S. The highest BCUT2D eigenvalue weighted by atomic mass is 32.2. The number of likely N-dealkylation sites (N-methyl/N-ethyl adjacent to an activating group) is 1. The van der Waals surface area contributed by atoms with Crippen molar-refractivity contribution in [3.05, 3.63) is 29.8 Å². The van der Waals surface area contributed by atoms with E-state index in [0.717, 1.165) is 11.3 Å². The van der Waals surface area contributed by atoms with Gasteiger partial charge >= 0.3 is 0 Å². The molecule has 2 amide bonds. The van der Waals surface area contributed by atoms with Crippen LogP contribution < -0.4 is 4.90 Å². The van der Waals surface area contributed by atoms with E-state index >= 15 is 0 Å². The maximum Gasteiger partial charge on any atom is 0.242 e. The topological polar surface area (TPSA) is 43.9 Å². The number of hydrogen-bond acceptors (Lipinski definition) is 4. The van der Waals surface area contributed by atoms with Gasteiger partial charge in [-0.05, 0) is 17.7 Å². The number of carbonyl (C=O) groups excluding carboxylic acids is 2. The molecule has 5 nitrogen and oxygen atoms in total. The van der Waals surface area contributed by atoms with Crippen molar-refractivity contribution in [2.45, 2.75) is 6.54 Å². The number of nitrogens with zero attached hydrogens (tertiary/aromatic N) is 3. The molecule has 114 valence electrons. The smallest absolute Gasteiger partial charge is 0.242 e. The number of thioether (sulfide) groups is 1. The van der Waals surface area contributed by atoms with Gasteiger partial charge in [0.1, 0.15) is 6.54 Å². The fourth-order valence-electron chi connectivity index (χ4n) is 2.09. The standard InChI is InChI=1S/C15H21N3O2S/c1-16(2)13-6-4-12(5-7-13)8-17(3)14(19)9-18-11-21-10-15(18)20/h4-7H,8-11H2,1-3H3. The second-order valence-electron chi connectivity index (χ2n) is 5.38. The molecule has 1 fully saturated rings. The van der Waals surface area contributed by atoms with Gasteiger partial charge in [-0.15, -0.1) is 11.8 Å². The highest BCUT2D eigenvalue weighted by Gasteiger charge is 2.24. The summed E-state index contributed by atoms with van der Waals surface area (Å²) in [5, 5.41) is 0. The Balaban J connectivity index is 1.89. The minimum atomic E-state index is -0.0254. The maximum absolute atomic E-state index is 12.1. The van der Waals surface area contributed by atoms with Crippen molar-refractivity contribution in [3.63, 3.8) is 0 Å². The third-order valence-corrected chi connectivity index (χ3v) is 4.40. The summed E-state index contributed by atoms with van der Waals surface area (Å²) in [4.78, 5) is 29.0. The highest BCUT2D eigenvalue weighted by Crippen LogP contribution is 2.16. The zero-order chi connectivity index (χ0) is 15.4. The van der Waals surface area contributed by atoms with Gasteiger partial charge in [-0.3, -0.25) is 9.59 Å². The summed E-state index contributed by atoms with van der Waals surface area (Å²) in [6, 6.07) is 8.12. The molecule has 1 saturated heterocycles. The predicted octanol–water partition coefficient (Wildman–Crippen LogP) is 1.24. The molecule has 0 radical (unpaired) electrons. The van der Waals surface area contributed by atoms with E-state index in [1.165, 1.54) is 0 Å². The Labute approximate surface area is 129 Å². The minimum absolute atomic E-state index is 0.0254. The number of benzene rings is 1. The van der Waals surface area contributed by atoms with Crippen LogP contribution in [-0.2, 0) is 16.1 Å². The molecule has 21 heavy (non-hydrogen) atoms. The lowest BCUT2D eigenvalue weighted by Gasteiger charge is -2.21. The van der Waals surface area contributed by atoms with Gasteiger partial charge in [0.2, 0.25) is 11.8 Å². The van der Waals surface area contributed by atoms with E-state index in [4.69, 9.17) is 0 Å². The maximum atomic E-state index is 12.1. The van der Waals surface area contributed by atoms with Crippen molar-refractivity contribution >= 4 is 29.3 Å². The summed E-state index contributed by atoms with van der Waals surface area (Å²) >= 11 is 1.55. The lowest BCUT2D eigenvalue weighted by atomic mass is 10.2. The largest absolute Gasteiger partial charge is 0.378 e. The molecule has 2 rings (SSSR count). The van der Waals surface area contributed by atoms with Crippen molar-refractivity contribution in [1.82, 2.24) is 9.80 Å². The molecular weight excluding hydrogens is 286 g/mol. The molecule has 0 spiro atoms. The van der Waals surface area contributed by atoms with E-state index in [0.29, 0.717) is 18.2 Å². The van der Waals surface area contributed by atoms with Crippen molar-refractivity contribution in [1.29, 1.82) is 0 Å². The Hall–Kier alpha value is -1.69. The first kappa shape index (κ1) is 15.7. The summed E-state index contributed by atoms with van der Waals surface area (Å²) in [7, 11) is 5.77. The molecule has 6 heteroatoms. The molecule has 0 N–H and O–H groups in total. The first-order chi connectivity index (χ1) is 9.97. The summed E-state index contributed by atoms with van der Waals surface area (Å²) in [5.74, 6) is 1.14. The quantitative estimate of drug-likeness (QED) is 0.821. The Bertz CT molecular complexity index is 516. The molecule has 0 bridgehead atoms. The molecule has 0 unspecified atom stereocenters. The second-order valence-corrected chi connectivity index (χ2v) is 6.34. The molecule has 0 aromatic heterocycles. The fraction of sp³-hybridized carbons (Fsp3) is 0.467. The molecule has 1 aromatic rings. The van der Waals surface area contributed by atoms with Crippen LogP contribution in [0.4, 0.5) is 5.69 Å². The van der Waals surface area contributed by atoms with E-state index in [2.05, 4.69) is 0 Å². The van der Waals surface area contributed by atoms with E-state index in [9.17, 15) is 9.59 Å². The predicted molar refractivity (Wildman–Crippen MR) is 86.3 cm³/mol. The zero-order valence-electron chi connectivity index (χ0n) is 12.7. The van der Waals surface area contributed by atoms with Crippen LogP contribution in [-0.4, -0.2) is 60.9 Å². The monoisotopic (exact) mass is 307 g/mol. The first-order valence-corrected chi connectivity index (χ1v) is 7.98. The Morgan fingerprint density at radius 2 is 1.90 bits per heavy atom. The number of amides is 2. The van der Waals surface area contributed by atoms with Crippen molar-refractivity contribution in [3.8, 4) is 0 Å². The normalized spacial score (nSPS) is 14.4. The molecule has 1 aliphatic heterocycles. The zero-order valence-corrected chi connectivity index (χ0v) is 13.5. The van der Waals surface area contributed by atoms with Gasteiger partial charge in [-0.1, -0.05) is 12.1 Å². The van der Waals surface area contributed by atoms with Crippen molar-refractivity contribution in [2.75, 3.05) is 44.2 Å². The van der Waals surface area contributed by atoms with Crippen LogP contribution in [0.3, 0.4) is 0 Å². The number of hydrogen-bond donors (Lipinski definition) is 0. The van der Waals surface area contributed by atoms with E-state index in [-0.39, 0.29) is 18.4 Å². The van der Waals surface area contributed by atoms with Crippen LogP contribution in [0.5, 0.6) is 0 Å². The van der Waals surface area contributed by atoms with E-state index in [1.807, 2.05) is 43.3 Å². The van der Waals surface area contributed by atoms with Gasteiger partial charge in [0.15, 0.2) is 0 Å². The first-order valence-electron chi connectivity index (χ1n) is 6.83. The molecule has 0 saturated carbocycles. The highest BCUT2D eigenvalue weighted by molar-refractivity contribution is 8.00. The summed E-state index contributed by atoms with van der Waals surface area (Å²) in [5.41, 5.74) is 2.21. The van der Waals surface area contributed by atoms with Crippen LogP contribution in [0.25, 0.3) is 0 Å². The molecule has 1 aliphatic rings. The summed E-state index contributed by atoms with van der Waals surface area (Å²) in [6.07, 6.45) is 0. The minimum Gasteiger partial charge on any atom is -0.378 e. The molecule has 0 aliphatic carbocycles. The lowest BCUT2D eigenvalue weighted by molar-refractivity contribution is -0.137. The summed E-state index contributed by atoms with van der Waals surface area (Å²) < 4.78 is 0. The second kappa shape index (κ2) is 6.85. The molecule has 1 aromatic carbocycles. The lowest BCUT2D eigenvalue weighted by Crippen LogP contribution is -2.38. The van der Waals surface area contributed by atoms with Crippen LogP contribution in [0.2, 0.25) is 0 Å². The van der Waals surface area contributed by atoms with Crippen molar-refractivity contribution < 1.29 is 9.59 Å². The number of carbonyl (C=O) groups is 2. The third kappa shape index (κ3) is 4.14. The van der Waals surface area contributed by atoms with Crippen LogP contribution in [0.15, 0.2) is 24.3 Å². The Morgan fingerprint density at radius 3 is 2.43 bits per heavy atom. The SMILES string of the molecule is CN(Cc1ccc(N(C)C)cc1)C(=O)CN1CSCC1=O. The van der Waals surface area contributed by atoms with Gasteiger partial charge in [-0.25, -0.2) is 0 Å². The van der Waals surface area contributed by atoms with Gasteiger partial charge in [0.05, 0.1) is 11.6 Å². The summed E-state index contributed by atoms with van der Waals surface area (Å²) in [6.45, 7) is 0.736. The van der Waals surface area contributed by atoms with Gasteiger partial charge in [0, 0.05) is 33.4 Å². The van der Waals surface area contributed by atoms with Gasteiger partial charge < -0.3 is 14.7 Å². The average Bonchev–Trinajstić information content (AvgIpc) is 2.84. The fourth-order valence-corrected chi connectivity index (χ4v) is 2.99. The van der Waals surface area contributed by atoms with Gasteiger partial charge in [0.25, 0.3) is 0 Å². The molecule has 1 heterocycles. The third-order valence-electron chi connectivity index (χ3n) is 3.45. The molecule has 0 atom stereocenters. The van der Waals surface area contributed by atoms with Crippen LogP contribution in [0, 0.1) is 0 Å². The van der Waals surface area contributed by atoms with Gasteiger partial charge in [-0.2, -0.15) is 0 Å². The Kier molecular flexibility index (Phi) is 5.12. The van der Waals surface area contributed by atoms with Crippen LogP contribution in [0.1, 0.15) is 5.56 Å². The Morgan fingerprint density at radius 1 is 1.24 bits per heavy atom. The number of rotatable bonds is 5.